The van der Waals surface area contributed by atoms with Gasteiger partial charge >= 0.3 is 0 Å². The van der Waals surface area contributed by atoms with E-state index in [1.807, 2.05) is 0 Å². The zero-order chi connectivity index (χ0) is 14.7. The third-order valence-corrected chi connectivity index (χ3v) is 6.52. The lowest BCUT2D eigenvalue weighted by atomic mass is 10.1. The van der Waals surface area contributed by atoms with E-state index < -0.39 is 10.0 Å². The molecule has 0 bridgehead atoms. The number of fused-ring (bicyclic) bond motifs is 1. The average Bonchev–Trinajstić information content (AvgIpc) is 3.12. The molecule has 0 saturated carbocycles. The number of thiophene rings is 1. The minimum atomic E-state index is -3.34. The van der Waals surface area contributed by atoms with Crippen LogP contribution in [0.5, 0.6) is 0 Å². The standard InChI is InChI=1S/C15H18N2O2S2/c18-21(19,15-6-3-9-20-15)17-8-7-16-14-10-12-4-1-2-5-13(12)11-14/h1-6,9,14,16-17H,7-8,10-11H2. The number of hydrogen-bond donors (Lipinski definition) is 2. The number of nitrogens with one attached hydrogen (secondary N) is 2. The molecule has 2 aromatic rings. The van der Waals surface area contributed by atoms with Gasteiger partial charge in [-0.15, -0.1) is 11.3 Å². The van der Waals surface area contributed by atoms with Gasteiger partial charge in [0, 0.05) is 19.1 Å². The predicted octanol–water partition coefficient (Wildman–Crippen LogP) is 1.78. The van der Waals surface area contributed by atoms with Gasteiger partial charge in [-0.3, -0.25) is 0 Å². The minimum absolute atomic E-state index is 0.371. The Bertz CT molecular complexity index is 671. The van der Waals surface area contributed by atoms with E-state index in [1.165, 1.54) is 22.5 Å². The van der Waals surface area contributed by atoms with Crippen LogP contribution in [0.3, 0.4) is 0 Å². The van der Waals surface area contributed by atoms with Crippen LogP contribution in [0, 0.1) is 0 Å². The summed E-state index contributed by atoms with van der Waals surface area (Å²) in [5.41, 5.74) is 2.79. The maximum absolute atomic E-state index is 11.9. The van der Waals surface area contributed by atoms with Crippen molar-refractivity contribution in [2.24, 2.45) is 0 Å². The van der Waals surface area contributed by atoms with Gasteiger partial charge in [0.05, 0.1) is 0 Å². The molecule has 1 aliphatic carbocycles. The van der Waals surface area contributed by atoms with Crippen LogP contribution in [0.15, 0.2) is 46.0 Å². The molecule has 2 N–H and O–H groups in total. The summed E-state index contributed by atoms with van der Waals surface area (Å²) in [6.45, 7) is 1.05. The summed E-state index contributed by atoms with van der Waals surface area (Å²) >= 11 is 1.23. The highest BCUT2D eigenvalue weighted by atomic mass is 32.2. The van der Waals surface area contributed by atoms with Crippen LogP contribution < -0.4 is 10.0 Å². The van der Waals surface area contributed by atoms with Gasteiger partial charge in [-0.2, -0.15) is 0 Å². The predicted molar refractivity (Wildman–Crippen MR) is 85.1 cm³/mol. The number of benzene rings is 1. The fourth-order valence-electron chi connectivity index (χ4n) is 2.65. The Hall–Kier alpha value is -1.21. The molecule has 0 unspecified atom stereocenters. The Morgan fingerprint density at radius 2 is 1.76 bits per heavy atom. The molecule has 1 aromatic heterocycles. The number of rotatable bonds is 6. The molecule has 1 heterocycles. The van der Waals surface area contributed by atoms with Crippen LogP contribution in [0.25, 0.3) is 0 Å². The molecule has 4 nitrogen and oxygen atoms in total. The van der Waals surface area contributed by atoms with Crippen molar-refractivity contribution in [1.82, 2.24) is 10.0 Å². The zero-order valence-corrected chi connectivity index (χ0v) is 13.2. The van der Waals surface area contributed by atoms with Gasteiger partial charge < -0.3 is 5.32 Å². The second-order valence-corrected chi connectivity index (χ2v) is 8.10. The first-order valence-corrected chi connectivity index (χ1v) is 9.35. The summed E-state index contributed by atoms with van der Waals surface area (Å²) in [6.07, 6.45) is 2.04. The molecular weight excluding hydrogens is 304 g/mol. The molecule has 0 fully saturated rings. The van der Waals surface area contributed by atoms with Crippen LogP contribution in [0.4, 0.5) is 0 Å². The van der Waals surface area contributed by atoms with Crippen molar-refractivity contribution in [3.8, 4) is 0 Å². The first-order chi connectivity index (χ1) is 10.1. The largest absolute Gasteiger partial charge is 0.312 e. The molecule has 0 aliphatic heterocycles. The Labute approximate surface area is 129 Å². The topological polar surface area (TPSA) is 58.2 Å². The molecule has 1 aromatic carbocycles. The first kappa shape index (κ1) is 14.7. The number of sulfonamides is 1. The molecule has 1 aliphatic rings. The van der Waals surface area contributed by atoms with E-state index in [0.29, 0.717) is 23.3 Å². The molecule has 112 valence electrons. The Balaban J connectivity index is 1.44. The summed E-state index contributed by atoms with van der Waals surface area (Å²) in [6, 6.07) is 12.2. The Morgan fingerprint density at radius 1 is 1.05 bits per heavy atom. The van der Waals surface area contributed by atoms with Crippen molar-refractivity contribution in [2.75, 3.05) is 13.1 Å². The van der Waals surface area contributed by atoms with Gasteiger partial charge in [0.25, 0.3) is 0 Å². The highest BCUT2D eigenvalue weighted by Crippen LogP contribution is 2.21. The fourth-order valence-corrected chi connectivity index (χ4v) is 4.72. The summed E-state index contributed by atoms with van der Waals surface area (Å²) in [5, 5.41) is 5.19. The molecule has 21 heavy (non-hydrogen) atoms. The van der Waals surface area contributed by atoms with E-state index in [2.05, 4.69) is 34.3 Å². The first-order valence-electron chi connectivity index (χ1n) is 6.98. The molecule has 0 atom stereocenters. The Morgan fingerprint density at radius 3 is 2.38 bits per heavy atom. The molecule has 0 radical (unpaired) electrons. The van der Waals surface area contributed by atoms with Crippen molar-refractivity contribution in [1.29, 1.82) is 0 Å². The quantitative estimate of drug-likeness (QED) is 0.797. The van der Waals surface area contributed by atoms with Crippen LogP contribution in [0.1, 0.15) is 11.1 Å². The summed E-state index contributed by atoms with van der Waals surface area (Å²) in [5.74, 6) is 0. The molecular formula is C15H18N2O2S2. The van der Waals surface area contributed by atoms with Gasteiger partial charge in [-0.05, 0) is 35.4 Å². The lowest BCUT2D eigenvalue weighted by molar-refractivity contribution is 0.527. The van der Waals surface area contributed by atoms with Gasteiger partial charge in [0.1, 0.15) is 4.21 Å². The van der Waals surface area contributed by atoms with Crippen LogP contribution in [0.2, 0.25) is 0 Å². The van der Waals surface area contributed by atoms with E-state index in [-0.39, 0.29) is 0 Å². The third kappa shape index (κ3) is 3.52. The minimum Gasteiger partial charge on any atom is -0.312 e. The van der Waals surface area contributed by atoms with E-state index in [1.54, 1.807) is 17.5 Å². The third-order valence-electron chi connectivity index (χ3n) is 3.66. The van der Waals surface area contributed by atoms with Crippen molar-refractivity contribution in [2.45, 2.75) is 23.1 Å². The summed E-state index contributed by atoms with van der Waals surface area (Å²) in [7, 11) is -3.34. The van der Waals surface area contributed by atoms with Crippen LogP contribution >= 0.6 is 11.3 Å². The van der Waals surface area contributed by atoms with Crippen LogP contribution in [-0.2, 0) is 22.9 Å². The lowest BCUT2D eigenvalue weighted by Crippen LogP contribution is -2.37. The van der Waals surface area contributed by atoms with Crippen LogP contribution in [-0.4, -0.2) is 27.5 Å². The van der Waals surface area contributed by atoms with Crippen molar-refractivity contribution < 1.29 is 8.42 Å². The van der Waals surface area contributed by atoms with E-state index in [0.717, 1.165) is 12.8 Å². The van der Waals surface area contributed by atoms with E-state index in [9.17, 15) is 8.42 Å². The zero-order valence-electron chi connectivity index (χ0n) is 11.6. The molecule has 6 heteroatoms. The Kier molecular flexibility index (Phi) is 4.40. The average molecular weight is 322 g/mol. The lowest BCUT2D eigenvalue weighted by Gasteiger charge is -2.12. The van der Waals surface area contributed by atoms with Gasteiger partial charge in [0.2, 0.25) is 10.0 Å². The molecule has 3 rings (SSSR count). The van der Waals surface area contributed by atoms with Crippen molar-refractivity contribution in [3.05, 3.63) is 52.9 Å². The molecule has 0 spiro atoms. The second kappa shape index (κ2) is 6.27. The molecule has 0 amide bonds. The summed E-state index contributed by atoms with van der Waals surface area (Å²) in [4.78, 5) is 0. The maximum Gasteiger partial charge on any atom is 0.250 e. The van der Waals surface area contributed by atoms with Gasteiger partial charge in [0.15, 0.2) is 0 Å². The monoisotopic (exact) mass is 322 g/mol. The fraction of sp³-hybridized carbons (Fsp3) is 0.333. The summed E-state index contributed by atoms with van der Waals surface area (Å²) < 4.78 is 26.9. The highest BCUT2D eigenvalue weighted by Gasteiger charge is 2.20. The second-order valence-electron chi connectivity index (χ2n) is 5.16. The van der Waals surface area contributed by atoms with E-state index in [4.69, 9.17) is 0 Å². The molecule has 0 saturated heterocycles. The van der Waals surface area contributed by atoms with Gasteiger partial charge in [-0.25, -0.2) is 13.1 Å². The maximum atomic E-state index is 11.9. The number of hydrogen-bond acceptors (Lipinski definition) is 4. The van der Waals surface area contributed by atoms with Crippen molar-refractivity contribution in [3.63, 3.8) is 0 Å². The SMILES string of the molecule is O=S(=O)(NCCNC1Cc2ccccc2C1)c1cccs1. The van der Waals surface area contributed by atoms with Gasteiger partial charge in [-0.1, -0.05) is 30.3 Å². The highest BCUT2D eigenvalue weighted by molar-refractivity contribution is 7.91. The smallest absolute Gasteiger partial charge is 0.250 e. The normalized spacial score (nSPS) is 15.2. The van der Waals surface area contributed by atoms with E-state index >= 15 is 0 Å². The van der Waals surface area contributed by atoms with Crippen molar-refractivity contribution >= 4 is 21.4 Å².